The number of anilines is 1. The maximum absolute atomic E-state index is 13.1. The van der Waals surface area contributed by atoms with E-state index < -0.39 is 5.82 Å². The molecule has 7 heteroatoms. The van der Waals surface area contributed by atoms with Crippen molar-refractivity contribution in [3.05, 3.63) is 42.4 Å². The number of hydrogen-bond donors (Lipinski definition) is 0. The van der Waals surface area contributed by atoms with Gasteiger partial charge in [0.2, 0.25) is 5.95 Å². The molecule has 0 aliphatic carbocycles. The van der Waals surface area contributed by atoms with Crippen molar-refractivity contribution in [3.63, 3.8) is 0 Å². The zero-order valence-corrected chi connectivity index (χ0v) is 13.6. The highest BCUT2D eigenvalue weighted by Gasteiger charge is 2.46. The van der Waals surface area contributed by atoms with Crippen molar-refractivity contribution in [3.8, 4) is 0 Å². The number of aromatic nitrogens is 2. The second-order valence-electron chi connectivity index (χ2n) is 6.46. The van der Waals surface area contributed by atoms with Gasteiger partial charge in [0.1, 0.15) is 5.76 Å². The van der Waals surface area contributed by atoms with E-state index in [-0.39, 0.29) is 18.2 Å². The summed E-state index contributed by atoms with van der Waals surface area (Å²) in [7, 11) is 2.08. The number of nitrogens with zero attached hydrogens (tertiary/aromatic N) is 4. The molecule has 0 spiro atoms. The average molecular weight is 332 g/mol. The zero-order valence-electron chi connectivity index (χ0n) is 13.6. The fourth-order valence-electron chi connectivity index (χ4n) is 3.77. The van der Waals surface area contributed by atoms with Crippen LogP contribution in [0.1, 0.15) is 18.6 Å². The molecule has 0 radical (unpaired) electrons. The lowest BCUT2D eigenvalue weighted by Crippen LogP contribution is -2.46. The minimum atomic E-state index is -0.416. The van der Waals surface area contributed by atoms with E-state index in [9.17, 15) is 4.39 Å². The van der Waals surface area contributed by atoms with Gasteiger partial charge in [0, 0.05) is 13.2 Å². The van der Waals surface area contributed by atoms with Gasteiger partial charge in [-0.1, -0.05) is 0 Å². The smallest absolute Gasteiger partial charge is 0.225 e. The van der Waals surface area contributed by atoms with Crippen molar-refractivity contribution in [2.75, 3.05) is 25.1 Å². The Hall–Kier alpha value is -1.99. The summed E-state index contributed by atoms with van der Waals surface area (Å²) in [6.07, 6.45) is 6.30. The van der Waals surface area contributed by atoms with Gasteiger partial charge in [0.15, 0.2) is 5.82 Å². The van der Waals surface area contributed by atoms with Crippen LogP contribution in [0.3, 0.4) is 0 Å². The summed E-state index contributed by atoms with van der Waals surface area (Å²) in [5, 5.41) is 0. The molecule has 2 saturated heterocycles. The monoisotopic (exact) mass is 332 g/mol. The summed E-state index contributed by atoms with van der Waals surface area (Å²) in [6.45, 7) is 2.27. The van der Waals surface area contributed by atoms with Crippen molar-refractivity contribution in [2.45, 2.75) is 37.6 Å². The van der Waals surface area contributed by atoms with Crippen LogP contribution in [-0.2, 0) is 11.3 Å². The number of rotatable bonds is 4. The topological polar surface area (TPSA) is 54.6 Å². The summed E-state index contributed by atoms with van der Waals surface area (Å²) in [4.78, 5) is 12.8. The number of fused-ring (bicyclic) bond motifs is 1. The van der Waals surface area contributed by atoms with Crippen molar-refractivity contribution in [1.82, 2.24) is 14.9 Å². The third-order valence-corrected chi connectivity index (χ3v) is 4.91. The molecule has 2 aliphatic rings. The molecular weight excluding hydrogens is 311 g/mol. The Kier molecular flexibility index (Phi) is 4.20. The van der Waals surface area contributed by atoms with Crippen LogP contribution in [0, 0.1) is 5.82 Å². The third kappa shape index (κ3) is 2.89. The Bertz CT molecular complexity index is 664. The second kappa shape index (κ2) is 6.49. The first-order valence-corrected chi connectivity index (χ1v) is 8.31. The molecule has 0 saturated carbocycles. The highest BCUT2D eigenvalue weighted by atomic mass is 19.1. The number of ether oxygens (including phenoxy) is 1. The van der Waals surface area contributed by atoms with Gasteiger partial charge in [-0.3, -0.25) is 4.90 Å². The first-order chi connectivity index (χ1) is 11.7. The Labute approximate surface area is 140 Å². The van der Waals surface area contributed by atoms with Crippen LogP contribution < -0.4 is 4.90 Å². The molecule has 2 aromatic heterocycles. The van der Waals surface area contributed by atoms with Crippen LogP contribution in [0.2, 0.25) is 0 Å². The molecule has 3 atom stereocenters. The van der Waals surface area contributed by atoms with Gasteiger partial charge in [-0.25, -0.2) is 14.4 Å². The number of hydrogen-bond acceptors (Lipinski definition) is 6. The van der Waals surface area contributed by atoms with E-state index in [0.717, 1.165) is 38.3 Å². The van der Waals surface area contributed by atoms with Crippen molar-refractivity contribution < 1.29 is 13.5 Å². The van der Waals surface area contributed by atoms with E-state index in [2.05, 4.69) is 26.8 Å². The molecule has 0 amide bonds. The standard InChI is InChI=1S/C17H21FN4O2/c1-21(10-13-4-2-6-23-13)15-11-22(14-5-3-7-24-16(14)15)17-19-8-12(18)9-20-17/h2,4,6,8-9,14-16H,3,5,7,10-11H2,1H3/t14?,15-,16?/m0/s1. The van der Waals surface area contributed by atoms with E-state index in [1.807, 2.05) is 12.1 Å². The SMILES string of the molecule is CN(Cc1ccco1)[C@H]1CN(c2ncc(F)cn2)C2CCCOC21. The van der Waals surface area contributed by atoms with Gasteiger partial charge >= 0.3 is 0 Å². The van der Waals surface area contributed by atoms with Crippen LogP contribution in [0.5, 0.6) is 0 Å². The zero-order chi connectivity index (χ0) is 16.5. The molecule has 0 N–H and O–H groups in total. The van der Waals surface area contributed by atoms with Gasteiger partial charge < -0.3 is 14.1 Å². The summed E-state index contributed by atoms with van der Waals surface area (Å²) in [6, 6.07) is 4.32. The maximum Gasteiger partial charge on any atom is 0.225 e. The predicted molar refractivity (Wildman–Crippen MR) is 86.1 cm³/mol. The lowest BCUT2D eigenvalue weighted by Gasteiger charge is -2.34. The number of likely N-dealkylation sites (N-methyl/N-ethyl adjacent to an activating group) is 1. The minimum absolute atomic E-state index is 0.104. The average Bonchev–Trinajstić information content (AvgIpc) is 3.23. The summed E-state index contributed by atoms with van der Waals surface area (Å²) >= 11 is 0. The molecular formula is C17H21FN4O2. The van der Waals surface area contributed by atoms with Gasteiger partial charge in [-0.15, -0.1) is 0 Å². The molecule has 2 aliphatic heterocycles. The quantitative estimate of drug-likeness (QED) is 0.854. The Morgan fingerprint density at radius 2 is 2.21 bits per heavy atom. The molecule has 4 heterocycles. The lowest BCUT2D eigenvalue weighted by atomic mass is 10.0. The molecule has 0 aromatic carbocycles. The Balaban J connectivity index is 1.55. The molecule has 2 aromatic rings. The van der Waals surface area contributed by atoms with E-state index in [1.54, 1.807) is 6.26 Å². The largest absolute Gasteiger partial charge is 0.468 e. The molecule has 0 bridgehead atoms. The van der Waals surface area contributed by atoms with Gasteiger partial charge in [-0.05, 0) is 32.0 Å². The van der Waals surface area contributed by atoms with Crippen LogP contribution in [0.15, 0.2) is 35.2 Å². The summed E-state index contributed by atoms with van der Waals surface area (Å²) in [5.41, 5.74) is 0. The fourth-order valence-corrected chi connectivity index (χ4v) is 3.77. The first-order valence-electron chi connectivity index (χ1n) is 8.31. The van der Waals surface area contributed by atoms with Crippen LogP contribution in [0.4, 0.5) is 10.3 Å². The number of furan rings is 1. The van der Waals surface area contributed by atoms with E-state index in [0.29, 0.717) is 5.95 Å². The van der Waals surface area contributed by atoms with Gasteiger partial charge in [0.25, 0.3) is 0 Å². The van der Waals surface area contributed by atoms with Crippen LogP contribution in [-0.4, -0.2) is 53.3 Å². The third-order valence-electron chi connectivity index (χ3n) is 4.91. The van der Waals surface area contributed by atoms with E-state index in [1.165, 1.54) is 12.4 Å². The van der Waals surface area contributed by atoms with E-state index in [4.69, 9.17) is 9.15 Å². The second-order valence-corrected chi connectivity index (χ2v) is 6.46. The van der Waals surface area contributed by atoms with Crippen LogP contribution >= 0.6 is 0 Å². The Morgan fingerprint density at radius 3 is 2.96 bits per heavy atom. The van der Waals surface area contributed by atoms with Crippen molar-refractivity contribution in [2.24, 2.45) is 0 Å². The lowest BCUT2D eigenvalue weighted by molar-refractivity contribution is -0.0256. The van der Waals surface area contributed by atoms with Gasteiger partial charge in [0.05, 0.1) is 43.4 Å². The summed E-state index contributed by atoms with van der Waals surface area (Å²) in [5.74, 6) is 1.09. The van der Waals surface area contributed by atoms with Crippen LogP contribution in [0.25, 0.3) is 0 Å². The Morgan fingerprint density at radius 1 is 1.38 bits per heavy atom. The minimum Gasteiger partial charge on any atom is -0.468 e. The molecule has 4 rings (SSSR count). The predicted octanol–water partition coefficient (Wildman–Crippen LogP) is 2.08. The molecule has 6 nitrogen and oxygen atoms in total. The fraction of sp³-hybridized carbons (Fsp3) is 0.529. The molecule has 2 unspecified atom stereocenters. The maximum atomic E-state index is 13.1. The van der Waals surface area contributed by atoms with E-state index >= 15 is 0 Å². The van der Waals surface area contributed by atoms with Gasteiger partial charge in [-0.2, -0.15) is 0 Å². The normalized spacial score (nSPS) is 26.8. The van der Waals surface area contributed by atoms with Crippen molar-refractivity contribution in [1.29, 1.82) is 0 Å². The highest BCUT2D eigenvalue weighted by molar-refractivity contribution is 5.36. The summed E-state index contributed by atoms with van der Waals surface area (Å²) < 4.78 is 24.7. The first kappa shape index (κ1) is 15.5. The van der Waals surface area contributed by atoms with Crippen molar-refractivity contribution >= 4 is 5.95 Å². The highest BCUT2D eigenvalue weighted by Crippen LogP contribution is 2.33. The number of halogens is 1. The molecule has 24 heavy (non-hydrogen) atoms. The molecule has 128 valence electrons. The molecule has 2 fully saturated rings.